The minimum atomic E-state index is 0.457. The highest BCUT2D eigenvalue weighted by molar-refractivity contribution is 6.30. The van der Waals surface area contributed by atoms with Crippen LogP contribution in [0.1, 0.15) is 6.42 Å². The molecule has 126 valence electrons. The fourth-order valence-electron chi connectivity index (χ4n) is 2.46. The lowest BCUT2D eigenvalue weighted by molar-refractivity contribution is -0.206. The van der Waals surface area contributed by atoms with Crippen molar-refractivity contribution in [1.82, 2.24) is 5.06 Å². The number of halogens is 1. The maximum atomic E-state index is 10.2. The third-order valence-corrected chi connectivity index (χ3v) is 4.02. The summed E-state index contributed by atoms with van der Waals surface area (Å²) in [6, 6.07) is 14.7. The highest BCUT2D eigenvalue weighted by Crippen LogP contribution is 2.27. The lowest BCUT2D eigenvalue weighted by Crippen LogP contribution is -2.46. The van der Waals surface area contributed by atoms with E-state index in [0.717, 1.165) is 31.0 Å². The molecule has 6 heteroatoms. The van der Waals surface area contributed by atoms with E-state index >= 15 is 0 Å². The van der Waals surface area contributed by atoms with E-state index in [0.29, 0.717) is 29.8 Å². The first-order valence-electron chi connectivity index (χ1n) is 7.74. The Morgan fingerprint density at radius 1 is 1.08 bits per heavy atom. The Balaban J connectivity index is 1.45. The van der Waals surface area contributed by atoms with Gasteiger partial charge in [-0.05, 0) is 48.7 Å². The van der Waals surface area contributed by atoms with Crippen LogP contribution in [0.2, 0.25) is 5.02 Å². The normalized spacial score (nSPS) is 14.7. The van der Waals surface area contributed by atoms with Crippen molar-refractivity contribution in [1.29, 1.82) is 0 Å². The largest absolute Gasteiger partial charge is 0.493 e. The average molecular weight is 348 g/mol. The molecule has 3 rings (SSSR count). The minimum absolute atomic E-state index is 0.457. The van der Waals surface area contributed by atoms with Crippen LogP contribution in [0, 0.1) is 5.92 Å². The molecule has 0 amide bonds. The lowest BCUT2D eigenvalue weighted by atomic mass is 9.99. The van der Waals surface area contributed by atoms with E-state index in [1.807, 2.05) is 36.4 Å². The van der Waals surface area contributed by atoms with E-state index in [1.54, 1.807) is 17.2 Å². The topological polar surface area (TPSA) is 48.0 Å². The van der Waals surface area contributed by atoms with Crippen LogP contribution in [-0.4, -0.2) is 31.2 Å². The zero-order valence-corrected chi connectivity index (χ0v) is 13.8. The van der Waals surface area contributed by atoms with Crippen molar-refractivity contribution in [2.24, 2.45) is 5.92 Å². The molecular formula is C18H18ClNO4. The second-order valence-corrected chi connectivity index (χ2v) is 6.02. The van der Waals surface area contributed by atoms with Crippen LogP contribution in [0.3, 0.4) is 0 Å². The Kier molecular flexibility index (Phi) is 5.56. The molecule has 0 bridgehead atoms. The van der Waals surface area contributed by atoms with Crippen molar-refractivity contribution >= 4 is 18.1 Å². The molecule has 1 aliphatic rings. The van der Waals surface area contributed by atoms with Crippen molar-refractivity contribution < 1.29 is 19.1 Å². The van der Waals surface area contributed by atoms with Gasteiger partial charge in [-0.3, -0.25) is 4.79 Å². The summed E-state index contributed by atoms with van der Waals surface area (Å²) < 4.78 is 11.6. The van der Waals surface area contributed by atoms with E-state index in [-0.39, 0.29) is 0 Å². The van der Waals surface area contributed by atoms with Gasteiger partial charge >= 0.3 is 6.47 Å². The molecule has 2 aromatic rings. The molecule has 5 nitrogen and oxygen atoms in total. The predicted octanol–water partition coefficient (Wildman–Crippen LogP) is 3.92. The molecule has 24 heavy (non-hydrogen) atoms. The zero-order valence-electron chi connectivity index (χ0n) is 13.1. The third-order valence-electron chi connectivity index (χ3n) is 3.77. The van der Waals surface area contributed by atoms with Crippen LogP contribution in [0.25, 0.3) is 0 Å². The predicted molar refractivity (Wildman–Crippen MR) is 90.3 cm³/mol. The Morgan fingerprint density at radius 2 is 1.83 bits per heavy atom. The SMILES string of the molecule is O=CON1CC(CCOc2cccc(Oc3ccc(Cl)cc3)c2)C1. The van der Waals surface area contributed by atoms with Crippen LogP contribution in [-0.2, 0) is 9.63 Å². The molecular weight excluding hydrogens is 330 g/mol. The van der Waals surface area contributed by atoms with E-state index in [2.05, 4.69) is 0 Å². The van der Waals surface area contributed by atoms with Gasteiger partial charge in [-0.25, -0.2) is 0 Å². The van der Waals surface area contributed by atoms with Crippen LogP contribution < -0.4 is 9.47 Å². The number of carbonyl (C=O) groups is 1. The number of nitrogens with zero attached hydrogens (tertiary/aromatic N) is 1. The first kappa shape index (κ1) is 16.6. The highest BCUT2D eigenvalue weighted by Gasteiger charge is 2.27. The molecule has 2 aromatic carbocycles. The smallest absolute Gasteiger partial charge is 0.312 e. The maximum absolute atomic E-state index is 10.2. The summed E-state index contributed by atoms with van der Waals surface area (Å²) in [6.45, 7) is 2.60. The molecule has 1 heterocycles. The summed E-state index contributed by atoms with van der Waals surface area (Å²) >= 11 is 5.86. The standard InChI is InChI=1S/C18H18ClNO4/c19-15-4-6-16(7-5-15)24-18-3-1-2-17(10-18)22-9-8-14-11-20(12-14)23-13-21/h1-7,10,13-14H,8-9,11-12H2. The monoisotopic (exact) mass is 347 g/mol. The molecule has 0 spiro atoms. The van der Waals surface area contributed by atoms with Crippen LogP contribution >= 0.6 is 11.6 Å². The first-order valence-corrected chi connectivity index (χ1v) is 8.12. The summed E-state index contributed by atoms with van der Waals surface area (Å²) in [5.41, 5.74) is 0. The quantitative estimate of drug-likeness (QED) is 0.677. The number of hydrogen-bond donors (Lipinski definition) is 0. The van der Waals surface area contributed by atoms with Crippen molar-refractivity contribution in [2.75, 3.05) is 19.7 Å². The molecule has 1 fully saturated rings. The second-order valence-electron chi connectivity index (χ2n) is 5.58. The summed E-state index contributed by atoms with van der Waals surface area (Å²) in [6.07, 6.45) is 0.918. The summed E-state index contributed by atoms with van der Waals surface area (Å²) in [5.74, 6) is 2.70. The van der Waals surface area contributed by atoms with Gasteiger partial charge in [-0.2, -0.15) is 0 Å². The number of carbonyl (C=O) groups excluding carboxylic acids is 1. The summed E-state index contributed by atoms with van der Waals surface area (Å²) in [4.78, 5) is 14.9. The third kappa shape index (κ3) is 4.63. The van der Waals surface area contributed by atoms with Gasteiger partial charge in [-0.1, -0.05) is 17.7 Å². The van der Waals surface area contributed by atoms with Crippen molar-refractivity contribution in [3.63, 3.8) is 0 Å². The number of hydroxylamine groups is 2. The summed E-state index contributed by atoms with van der Waals surface area (Å²) in [5, 5.41) is 2.31. The van der Waals surface area contributed by atoms with Crippen molar-refractivity contribution in [3.8, 4) is 17.2 Å². The van der Waals surface area contributed by atoms with Crippen molar-refractivity contribution in [2.45, 2.75) is 6.42 Å². The van der Waals surface area contributed by atoms with Gasteiger partial charge in [0, 0.05) is 24.2 Å². The fraction of sp³-hybridized carbons (Fsp3) is 0.278. The van der Waals surface area contributed by atoms with Gasteiger partial charge in [0.05, 0.1) is 6.61 Å². The van der Waals surface area contributed by atoms with Gasteiger partial charge in [0.2, 0.25) is 0 Å². The number of hydrogen-bond acceptors (Lipinski definition) is 5. The van der Waals surface area contributed by atoms with Crippen LogP contribution in [0.4, 0.5) is 0 Å². The number of benzene rings is 2. The molecule has 0 aromatic heterocycles. The fourth-order valence-corrected chi connectivity index (χ4v) is 2.59. The van der Waals surface area contributed by atoms with E-state index in [4.69, 9.17) is 25.9 Å². The zero-order chi connectivity index (χ0) is 16.8. The van der Waals surface area contributed by atoms with Gasteiger partial charge < -0.3 is 14.3 Å². The average Bonchev–Trinajstić information content (AvgIpc) is 2.55. The van der Waals surface area contributed by atoms with Gasteiger partial charge in [0.15, 0.2) is 0 Å². The molecule has 0 N–H and O–H groups in total. The molecule has 1 aliphatic heterocycles. The minimum Gasteiger partial charge on any atom is -0.493 e. The Morgan fingerprint density at radius 3 is 2.58 bits per heavy atom. The molecule has 0 aliphatic carbocycles. The Hall–Kier alpha value is -2.24. The molecule has 0 atom stereocenters. The molecule has 0 unspecified atom stereocenters. The van der Waals surface area contributed by atoms with E-state index in [9.17, 15) is 4.79 Å². The highest BCUT2D eigenvalue weighted by atomic mass is 35.5. The van der Waals surface area contributed by atoms with E-state index in [1.165, 1.54) is 0 Å². The molecule has 0 saturated carbocycles. The molecule has 1 saturated heterocycles. The van der Waals surface area contributed by atoms with Crippen LogP contribution in [0.5, 0.6) is 17.2 Å². The first-order chi connectivity index (χ1) is 11.7. The van der Waals surface area contributed by atoms with Gasteiger partial charge in [0.1, 0.15) is 17.2 Å². The van der Waals surface area contributed by atoms with Crippen LogP contribution in [0.15, 0.2) is 48.5 Å². The maximum Gasteiger partial charge on any atom is 0.312 e. The lowest BCUT2D eigenvalue weighted by Gasteiger charge is -2.35. The van der Waals surface area contributed by atoms with Crippen molar-refractivity contribution in [3.05, 3.63) is 53.6 Å². The number of rotatable bonds is 8. The van der Waals surface area contributed by atoms with Gasteiger partial charge in [0.25, 0.3) is 0 Å². The van der Waals surface area contributed by atoms with Gasteiger partial charge in [-0.15, -0.1) is 5.06 Å². The Bertz CT molecular complexity index is 671. The number of ether oxygens (including phenoxy) is 2. The second kappa shape index (κ2) is 8.04. The summed E-state index contributed by atoms with van der Waals surface area (Å²) in [7, 11) is 0. The van der Waals surface area contributed by atoms with E-state index < -0.39 is 0 Å². The Labute approximate surface area is 145 Å². The molecule has 0 radical (unpaired) electrons.